The molecule has 1 unspecified atom stereocenters. The number of nitrogens with zero attached hydrogens (tertiary/aromatic N) is 4. The normalized spacial score (nSPS) is 15.8. The molecule has 1 aliphatic rings. The van der Waals surface area contributed by atoms with Crippen molar-refractivity contribution >= 4 is 41.1 Å². The molecule has 0 spiro atoms. The van der Waals surface area contributed by atoms with Gasteiger partial charge >= 0.3 is 0 Å². The molecule has 1 aliphatic heterocycles. The minimum atomic E-state index is -0.572. The number of halogens is 2. The van der Waals surface area contributed by atoms with E-state index in [1.807, 2.05) is 13.0 Å². The zero-order valence-electron chi connectivity index (χ0n) is 18.8. The number of likely N-dealkylation sites (N-methyl/N-ethyl adjacent to an activating group) is 1. The van der Waals surface area contributed by atoms with Gasteiger partial charge in [-0.15, -0.1) is 0 Å². The van der Waals surface area contributed by atoms with Crippen LogP contribution in [-0.4, -0.2) is 54.9 Å². The van der Waals surface area contributed by atoms with Crippen molar-refractivity contribution in [1.29, 1.82) is 0 Å². The average Bonchev–Trinajstić information content (AvgIpc) is 2.79. The summed E-state index contributed by atoms with van der Waals surface area (Å²) in [6.07, 6.45) is 0.605. The number of hydrazone groups is 1. The third kappa shape index (κ3) is 4.77. The van der Waals surface area contributed by atoms with Gasteiger partial charge in [0, 0.05) is 31.6 Å². The Kier molecular flexibility index (Phi) is 7.50. The molecule has 0 aliphatic carbocycles. The summed E-state index contributed by atoms with van der Waals surface area (Å²) in [7, 11) is 1.68. The molecule has 2 aromatic rings. The molecule has 1 N–H and O–H groups in total. The maximum absolute atomic E-state index is 14.6. The van der Waals surface area contributed by atoms with Crippen LogP contribution in [0.5, 0.6) is 0 Å². The largest absolute Gasteiger partial charge is 0.388 e. The van der Waals surface area contributed by atoms with Crippen LogP contribution in [-0.2, 0) is 4.79 Å². The molecule has 9 heteroatoms. The number of amides is 2. The Labute approximate surface area is 197 Å². The van der Waals surface area contributed by atoms with E-state index in [4.69, 9.17) is 11.6 Å². The molecule has 0 saturated heterocycles. The van der Waals surface area contributed by atoms with Gasteiger partial charge < -0.3 is 10.0 Å². The average molecular weight is 473 g/mol. The summed E-state index contributed by atoms with van der Waals surface area (Å²) in [4.78, 5) is 27.2. The smallest absolute Gasteiger partial charge is 0.258 e. The number of anilines is 2. The highest BCUT2D eigenvalue weighted by molar-refractivity contribution is 6.34. The van der Waals surface area contributed by atoms with Crippen LogP contribution in [0.2, 0.25) is 5.02 Å². The number of amidine groups is 1. The van der Waals surface area contributed by atoms with Crippen LogP contribution in [0.15, 0.2) is 53.7 Å². The van der Waals surface area contributed by atoms with Crippen LogP contribution >= 0.6 is 11.6 Å². The predicted molar refractivity (Wildman–Crippen MR) is 128 cm³/mol. The molecule has 0 radical (unpaired) electrons. The quantitative estimate of drug-likeness (QED) is 0.217. The maximum atomic E-state index is 14.6. The van der Waals surface area contributed by atoms with Gasteiger partial charge in [0.25, 0.3) is 5.91 Å². The topological polar surface area (TPSA) is 76.5 Å². The molecule has 0 fully saturated rings. The van der Waals surface area contributed by atoms with Gasteiger partial charge in [-0.05, 0) is 49.7 Å². The molecule has 0 bridgehead atoms. The van der Waals surface area contributed by atoms with E-state index in [1.165, 1.54) is 26.9 Å². The number of aliphatic hydroxyl groups is 1. The van der Waals surface area contributed by atoms with Crippen molar-refractivity contribution in [2.45, 2.75) is 19.8 Å². The predicted octanol–water partition coefficient (Wildman–Crippen LogP) is 4.02. The maximum Gasteiger partial charge on any atom is 0.258 e. The van der Waals surface area contributed by atoms with Crippen molar-refractivity contribution in [3.05, 3.63) is 70.5 Å². The Morgan fingerprint density at radius 1 is 1.39 bits per heavy atom. The van der Waals surface area contributed by atoms with Gasteiger partial charge in [-0.3, -0.25) is 19.5 Å². The van der Waals surface area contributed by atoms with E-state index in [1.54, 1.807) is 32.2 Å². The number of carbonyl (C=O) groups excluding carboxylic acids is 2. The van der Waals surface area contributed by atoms with E-state index in [0.29, 0.717) is 24.2 Å². The van der Waals surface area contributed by atoms with Crippen LogP contribution in [0.4, 0.5) is 15.8 Å². The van der Waals surface area contributed by atoms with E-state index >= 15 is 0 Å². The van der Waals surface area contributed by atoms with E-state index < -0.39 is 12.4 Å². The van der Waals surface area contributed by atoms with Crippen molar-refractivity contribution in [3.63, 3.8) is 0 Å². The number of benzene rings is 2. The third-order valence-corrected chi connectivity index (χ3v) is 5.94. The van der Waals surface area contributed by atoms with Gasteiger partial charge in [0.05, 0.1) is 16.4 Å². The number of hydrogen-bond acceptors (Lipinski definition) is 5. The summed E-state index contributed by atoms with van der Waals surface area (Å²) in [6, 6.07) is 9.50. The second kappa shape index (κ2) is 10.1. The SMILES string of the molecule is C=C(C)C1CN(c2c(F)cccc2Cl)C(=O)c2ccc(N(C)/N=C(/CO)N(C=O)CC)cc21. The first-order valence-corrected chi connectivity index (χ1v) is 10.8. The molecule has 2 amide bonds. The first kappa shape index (κ1) is 24.4. The van der Waals surface area contributed by atoms with Crippen molar-refractivity contribution in [2.24, 2.45) is 5.10 Å². The zero-order valence-corrected chi connectivity index (χ0v) is 19.5. The molecule has 0 aromatic heterocycles. The number of fused-ring (bicyclic) bond motifs is 1. The summed E-state index contributed by atoms with van der Waals surface area (Å²) in [5.41, 5.74) is 2.66. The molecule has 1 atom stereocenters. The van der Waals surface area contributed by atoms with Crippen molar-refractivity contribution in [3.8, 4) is 0 Å². The highest BCUT2D eigenvalue weighted by atomic mass is 35.5. The Bertz CT molecular complexity index is 1100. The Hall–Kier alpha value is -3.23. The number of carbonyl (C=O) groups is 2. The highest BCUT2D eigenvalue weighted by Crippen LogP contribution is 2.39. The molecule has 174 valence electrons. The fraction of sp³-hybridized carbons (Fsp3) is 0.292. The summed E-state index contributed by atoms with van der Waals surface area (Å²) >= 11 is 6.23. The minimum absolute atomic E-state index is 0.0490. The Morgan fingerprint density at radius 2 is 2.12 bits per heavy atom. The second-order valence-corrected chi connectivity index (χ2v) is 8.15. The molecule has 3 rings (SSSR count). The van der Waals surface area contributed by atoms with Crippen LogP contribution in [0.1, 0.15) is 35.7 Å². The van der Waals surface area contributed by atoms with E-state index in [2.05, 4.69) is 11.7 Å². The number of para-hydroxylation sites is 1. The summed E-state index contributed by atoms with van der Waals surface area (Å²) in [6.45, 7) is 7.84. The van der Waals surface area contributed by atoms with Gasteiger partial charge in [-0.2, -0.15) is 5.10 Å². The second-order valence-electron chi connectivity index (χ2n) is 7.75. The monoisotopic (exact) mass is 472 g/mol. The fourth-order valence-corrected chi connectivity index (χ4v) is 4.10. The van der Waals surface area contributed by atoms with Gasteiger partial charge in [0.15, 0.2) is 5.84 Å². The lowest BCUT2D eigenvalue weighted by atomic mass is 9.84. The van der Waals surface area contributed by atoms with Crippen LogP contribution in [0.3, 0.4) is 0 Å². The summed E-state index contributed by atoms with van der Waals surface area (Å²) in [5, 5.41) is 15.6. The van der Waals surface area contributed by atoms with Gasteiger partial charge in [-0.1, -0.05) is 29.8 Å². The van der Waals surface area contributed by atoms with Gasteiger partial charge in [0.1, 0.15) is 12.4 Å². The fourth-order valence-electron chi connectivity index (χ4n) is 3.83. The van der Waals surface area contributed by atoms with Crippen molar-refractivity contribution < 1.29 is 19.1 Å². The molecule has 7 nitrogen and oxygen atoms in total. The molecule has 2 aromatic carbocycles. The molecule has 0 saturated carbocycles. The first-order chi connectivity index (χ1) is 15.7. The molecule has 1 heterocycles. The molecular formula is C24H26ClFN4O3. The Balaban J connectivity index is 2.05. The van der Waals surface area contributed by atoms with Crippen molar-refractivity contribution in [1.82, 2.24) is 4.90 Å². The van der Waals surface area contributed by atoms with Gasteiger partial charge in [-0.25, -0.2) is 4.39 Å². The lowest BCUT2D eigenvalue weighted by Crippen LogP contribution is -2.41. The number of rotatable bonds is 7. The minimum Gasteiger partial charge on any atom is -0.388 e. The van der Waals surface area contributed by atoms with E-state index in [0.717, 1.165) is 11.1 Å². The zero-order chi connectivity index (χ0) is 24.3. The van der Waals surface area contributed by atoms with E-state index in [9.17, 15) is 19.1 Å². The number of hydrogen-bond donors (Lipinski definition) is 1. The third-order valence-electron chi connectivity index (χ3n) is 5.63. The molecular weight excluding hydrogens is 447 g/mol. The lowest BCUT2D eigenvalue weighted by molar-refractivity contribution is -0.114. The van der Waals surface area contributed by atoms with E-state index in [-0.39, 0.29) is 34.9 Å². The lowest BCUT2D eigenvalue weighted by Gasteiger charge is -2.36. The van der Waals surface area contributed by atoms with Crippen LogP contribution < -0.4 is 9.91 Å². The van der Waals surface area contributed by atoms with Crippen LogP contribution in [0, 0.1) is 5.82 Å². The van der Waals surface area contributed by atoms with Crippen LogP contribution in [0.25, 0.3) is 0 Å². The Morgan fingerprint density at radius 3 is 2.70 bits per heavy atom. The highest BCUT2D eigenvalue weighted by Gasteiger charge is 2.35. The van der Waals surface area contributed by atoms with Gasteiger partial charge in [0.2, 0.25) is 6.41 Å². The number of aliphatic hydroxyl groups excluding tert-OH is 1. The summed E-state index contributed by atoms with van der Waals surface area (Å²) in [5.74, 6) is -0.996. The van der Waals surface area contributed by atoms with Crippen molar-refractivity contribution in [2.75, 3.05) is 36.7 Å². The standard InChI is InChI=1S/C24H26ClFN4O3/c1-5-29(14-32)22(13-31)27-28(4)16-9-10-17-18(11-16)19(15(2)3)12-30(24(17)33)23-20(25)7-6-8-21(23)26/h6-11,14,19,31H,2,5,12-13H2,1,3-4H3/b27-22-. The summed E-state index contributed by atoms with van der Waals surface area (Å²) < 4.78 is 14.6. The molecule has 33 heavy (non-hydrogen) atoms. The first-order valence-electron chi connectivity index (χ1n) is 10.4.